The summed E-state index contributed by atoms with van der Waals surface area (Å²) in [5.74, 6) is 0.817. The van der Waals surface area contributed by atoms with E-state index >= 15 is 0 Å². The summed E-state index contributed by atoms with van der Waals surface area (Å²) in [6.07, 6.45) is 2.46. The Morgan fingerprint density at radius 2 is 2.43 bits per heavy atom. The zero-order valence-corrected chi connectivity index (χ0v) is 9.81. The van der Waals surface area contributed by atoms with Gasteiger partial charge in [0, 0.05) is 24.4 Å². The average Bonchev–Trinajstić information content (AvgIpc) is 2.61. The van der Waals surface area contributed by atoms with Gasteiger partial charge in [0.25, 0.3) is 0 Å². The summed E-state index contributed by atoms with van der Waals surface area (Å²) in [5.41, 5.74) is 3.33. The Morgan fingerprint density at radius 1 is 1.57 bits per heavy atom. The van der Waals surface area contributed by atoms with E-state index in [1.54, 1.807) is 0 Å². The van der Waals surface area contributed by atoms with E-state index in [4.69, 9.17) is 0 Å². The summed E-state index contributed by atoms with van der Waals surface area (Å²) in [4.78, 5) is 8.42. The van der Waals surface area contributed by atoms with Crippen molar-refractivity contribution in [3.05, 3.63) is 16.1 Å². The smallest absolute Gasteiger partial charge is 0.0798 e. The van der Waals surface area contributed by atoms with Gasteiger partial charge in [-0.2, -0.15) is 0 Å². The molecular weight excluding hydrogens is 192 g/mol. The second-order valence-corrected chi connectivity index (χ2v) is 5.37. The molecule has 2 rings (SSSR count). The molecule has 3 heteroatoms. The van der Waals surface area contributed by atoms with Crippen molar-refractivity contribution >= 4 is 11.3 Å². The molecule has 0 bridgehead atoms. The van der Waals surface area contributed by atoms with Crippen molar-refractivity contribution in [3.8, 4) is 0 Å². The molecule has 1 aliphatic heterocycles. The molecule has 14 heavy (non-hydrogen) atoms. The Hall–Kier alpha value is -0.410. The van der Waals surface area contributed by atoms with Crippen molar-refractivity contribution in [1.82, 2.24) is 9.88 Å². The quantitative estimate of drug-likeness (QED) is 0.762. The molecule has 0 spiro atoms. The van der Waals surface area contributed by atoms with Crippen LogP contribution in [-0.4, -0.2) is 23.0 Å². The van der Waals surface area contributed by atoms with Crippen LogP contribution in [0.15, 0.2) is 5.51 Å². The molecule has 0 atom stereocenters. The van der Waals surface area contributed by atoms with E-state index in [0.29, 0.717) is 0 Å². The highest BCUT2D eigenvalue weighted by Crippen LogP contribution is 2.21. The molecule has 1 aromatic rings. The van der Waals surface area contributed by atoms with E-state index in [0.717, 1.165) is 18.9 Å². The average molecular weight is 210 g/mol. The summed E-state index contributed by atoms with van der Waals surface area (Å²) in [6, 6.07) is 0. The van der Waals surface area contributed by atoms with Crippen LogP contribution in [0.3, 0.4) is 0 Å². The van der Waals surface area contributed by atoms with Crippen LogP contribution in [0.25, 0.3) is 0 Å². The third-order valence-corrected chi connectivity index (χ3v) is 3.64. The maximum absolute atomic E-state index is 4.38. The van der Waals surface area contributed by atoms with E-state index in [1.165, 1.54) is 30.1 Å². The van der Waals surface area contributed by atoms with Crippen molar-refractivity contribution in [3.63, 3.8) is 0 Å². The second kappa shape index (κ2) is 4.41. The van der Waals surface area contributed by atoms with Crippen LogP contribution in [-0.2, 0) is 13.0 Å². The third kappa shape index (κ3) is 2.34. The number of rotatable bonds is 3. The van der Waals surface area contributed by atoms with E-state index in [1.807, 2.05) is 16.8 Å². The number of nitrogens with zero attached hydrogens (tertiary/aromatic N) is 2. The molecule has 0 fully saturated rings. The zero-order valence-electron chi connectivity index (χ0n) is 8.99. The van der Waals surface area contributed by atoms with Crippen molar-refractivity contribution < 1.29 is 0 Å². The molecule has 2 nitrogen and oxygen atoms in total. The van der Waals surface area contributed by atoms with Gasteiger partial charge in [0.1, 0.15) is 0 Å². The lowest BCUT2D eigenvalue weighted by molar-refractivity contribution is 0.241. The van der Waals surface area contributed by atoms with Crippen LogP contribution in [0.4, 0.5) is 0 Å². The van der Waals surface area contributed by atoms with Gasteiger partial charge in [-0.05, 0) is 18.9 Å². The van der Waals surface area contributed by atoms with Crippen LogP contribution >= 0.6 is 11.3 Å². The molecule has 0 saturated heterocycles. The van der Waals surface area contributed by atoms with Gasteiger partial charge in [-0.1, -0.05) is 13.8 Å². The largest absolute Gasteiger partial charge is 0.298 e. The first-order chi connectivity index (χ1) is 6.75. The van der Waals surface area contributed by atoms with Gasteiger partial charge in [-0.15, -0.1) is 11.3 Å². The standard InChI is InChI=1S/C11H18N2S/c1-9(2)3-5-13-6-4-10-11(7-13)14-8-12-10/h8-9H,3-7H2,1-2H3. The van der Waals surface area contributed by atoms with Gasteiger partial charge in [-0.25, -0.2) is 4.98 Å². The van der Waals surface area contributed by atoms with E-state index in [-0.39, 0.29) is 0 Å². The van der Waals surface area contributed by atoms with Crippen LogP contribution in [0.2, 0.25) is 0 Å². The molecule has 1 aliphatic rings. The number of thiazole rings is 1. The van der Waals surface area contributed by atoms with Gasteiger partial charge in [0.05, 0.1) is 11.2 Å². The minimum absolute atomic E-state index is 0.817. The number of fused-ring (bicyclic) bond motifs is 1. The fraction of sp³-hybridized carbons (Fsp3) is 0.727. The van der Waals surface area contributed by atoms with Crippen molar-refractivity contribution in [2.75, 3.05) is 13.1 Å². The Labute approximate surface area is 90.0 Å². The molecular formula is C11H18N2S. The first-order valence-electron chi connectivity index (χ1n) is 5.39. The molecule has 78 valence electrons. The van der Waals surface area contributed by atoms with Crippen molar-refractivity contribution in [2.45, 2.75) is 33.2 Å². The molecule has 0 aliphatic carbocycles. The lowest BCUT2D eigenvalue weighted by Crippen LogP contribution is -2.31. The summed E-state index contributed by atoms with van der Waals surface area (Å²) in [5, 5.41) is 0. The zero-order chi connectivity index (χ0) is 9.97. The minimum Gasteiger partial charge on any atom is -0.298 e. The highest BCUT2D eigenvalue weighted by atomic mass is 32.1. The van der Waals surface area contributed by atoms with Crippen LogP contribution < -0.4 is 0 Å². The fourth-order valence-corrected chi connectivity index (χ4v) is 2.66. The van der Waals surface area contributed by atoms with Gasteiger partial charge in [0.2, 0.25) is 0 Å². The number of hydrogen-bond donors (Lipinski definition) is 0. The van der Waals surface area contributed by atoms with Crippen LogP contribution in [0, 0.1) is 5.92 Å². The number of hydrogen-bond acceptors (Lipinski definition) is 3. The Kier molecular flexibility index (Phi) is 3.19. The Bertz CT molecular complexity index is 293. The van der Waals surface area contributed by atoms with Crippen LogP contribution in [0.5, 0.6) is 0 Å². The highest BCUT2D eigenvalue weighted by molar-refractivity contribution is 7.09. The highest BCUT2D eigenvalue weighted by Gasteiger charge is 2.17. The molecule has 0 amide bonds. The van der Waals surface area contributed by atoms with Crippen LogP contribution in [0.1, 0.15) is 30.8 Å². The van der Waals surface area contributed by atoms with E-state index in [9.17, 15) is 0 Å². The predicted molar refractivity (Wildman–Crippen MR) is 60.6 cm³/mol. The maximum Gasteiger partial charge on any atom is 0.0798 e. The van der Waals surface area contributed by atoms with Gasteiger partial charge >= 0.3 is 0 Å². The minimum atomic E-state index is 0.817. The van der Waals surface area contributed by atoms with Crippen molar-refractivity contribution in [1.29, 1.82) is 0 Å². The Morgan fingerprint density at radius 3 is 3.21 bits per heavy atom. The lowest BCUT2D eigenvalue weighted by atomic mass is 10.1. The summed E-state index contributed by atoms with van der Waals surface area (Å²) in [6.45, 7) is 8.16. The molecule has 0 radical (unpaired) electrons. The van der Waals surface area contributed by atoms with E-state index < -0.39 is 0 Å². The molecule has 0 N–H and O–H groups in total. The monoisotopic (exact) mass is 210 g/mol. The topological polar surface area (TPSA) is 16.1 Å². The normalized spacial score (nSPS) is 17.4. The first-order valence-corrected chi connectivity index (χ1v) is 6.27. The molecule has 0 unspecified atom stereocenters. The molecule has 1 aromatic heterocycles. The van der Waals surface area contributed by atoms with Gasteiger partial charge in [0.15, 0.2) is 0 Å². The second-order valence-electron chi connectivity index (χ2n) is 4.43. The van der Waals surface area contributed by atoms with Gasteiger partial charge < -0.3 is 0 Å². The first kappa shape index (κ1) is 10.1. The maximum atomic E-state index is 4.38. The Balaban J connectivity index is 1.88. The SMILES string of the molecule is CC(C)CCN1CCc2ncsc2C1. The lowest BCUT2D eigenvalue weighted by Gasteiger charge is -2.26. The predicted octanol–water partition coefficient (Wildman–Crippen LogP) is 2.55. The summed E-state index contributed by atoms with van der Waals surface area (Å²) >= 11 is 1.81. The molecule has 0 saturated carbocycles. The molecule has 0 aromatic carbocycles. The summed E-state index contributed by atoms with van der Waals surface area (Å²) < 4.78 is 0. The molecule has 2 heterocycles. The summed E-state index contributed by atoms with van der Waals surface area (Å²) in [7, 11) is 0. The van der Waals surface area contributed by atoms with Crippen molar-refractivity contribution in [2.24, 2.45) is 5.92 Å². The third-order valence-electron chi connectivity index (χ3n) is 2.78. The fourth-order valence-electron chi connectivity index (χ4n) is 1.80. The van der Waals surface area contributed by atoms with Gasteiger partial charge in [-0.3, -0.25) is 4.90 Å². The number of aromatic nitrogens is 1. The van der Waals surface area contributed by atoms with E-state index in [2.05, 4.69) is 23.7 Å².